The lowest BCUT2D eigenvalue weighted by atomic mass is 10.1. The van der Waals surface area contributed by atoms with Crippen LogP contribution >= 0.6 is 0 Å². The molecule has 0 saturated carbocycles. The zero-order valence-electron chi connectivity index (χ0n) is 16.8. The molecule has 0 bridgehead atoms. The average Bonchev–Trinajstić information content (AvgIpc) is 3.17. The number of amides is 1. The van der Waals surface area contributed by atoms with Crippen LogP contribution in [0.15, 0.2) is 12.4 Å². The fourth-order valence-electron chi connectivity index (χ4n) is 3.72. The molecule has 152 valence electrons. The Morgan fingerprint density at radius 3 is 2.50 bits per heavy atom. The summed E-state index contributed by atoms with van der Waals surface area (Å²) in [5.41, 5.74) is 2.07. The van der Waals surface area contributed by atoms with E-state index in [1.54, 1.807) is 23.2 Å². The standard InChI is InChI=1S/C18H27N7O3/c1-13(10-24-15(3)17(25(27)28)14(2)20-24)18(26)23-7-5-22(6-8-23)12-16-9-19-21(4)11-16/h9,11,13H,5-8,10,12H2,1-4H3. The van der Waals surface area contributed by atoms with Crippen molar-refractivity contribution >= 4 is 11.6 Å². The highest BCUT2D eigenvalue weighted by Gasteiger charge is 2.28. The Hall–Kier alpha value is -2.75. The summed E-state index contributed by atoms with van der Waals surface area (Å²) in [4.78, 5) is 27.8. The van der Waals surface area contributed by atoms with Crippen LogP contribution in [0.1, 0.15) is 23.9 Å². The number of hydrogen-bond donors (Lipinski definition) is 0. The molecular formula is C18H27N7O3. The molecule has 1 saturated heterocycles. The van der Waals surface area contributed by atoms with Gasteiger partial charge in [0.1, 0.15) is 11.4 Å². The van der Waals surface area contributed by atoms with E-state index in [1.165, 1.54) is 5.56 Å². The number of rotatable bonds is 6. The van der Waals surface area contributed by atoms with E-state index in [-0.39, 0.29) is 17.5 Å². The summed E-state index contributed by atoms with van der Waals surface area (Å²) in [6, 6.07) is 0. The predicted molar refractivity (Wildman–Crippen MR) is 103 cm³/mol. The summed E-state index contributed by atoms with van der Waals surface area (Å²) in [6.45, 7) is 9.32. The van der Waals surface area contributed by atoms with Crippen LogP contribution in [0, 0.1) is 29.9 Å². The van der Waals surface area contributed by atoms with Crippen LogP contribution in [0.5, 0.6) is 0 Å². The molecule has 1 atom stereocenters. The Morgan fingerprint density at radius 2 is 1.96 bits per heavy atom. The normalized spacial score (nSPS) is 16.4. The van der Waals surface area contributed by atoms with Gasteiger partial charge in [-0.05, 0) is 13.8 Å². The summed E-state index contributed by atoms with van der Waals surface area (Å²) in [5, 5.41) is 19.6. The molecule has 1 fully saturated rings. The van der Waals surface area contributed by atoms with Crippen LogP contribution in [-0.4, -0.2) is 66.4 Å². The topological polar surface area (TPSA) is 102 Å². The third-order valence-corrected chi connectivity index (χ3v) is 5.24. The van der Waals surface area contributed by atoms with Gasteiger partial charge in [-0.2, -0.15) is 10.2 Å². The highest BCUT2D eigenvalue weighted by molar-refractivity contribution is 5.78. The molecular weight excluding hydrogens is 362 g/mol. The van der Waals surface area contributed by atoms with Gasteiger partial charge in [0.15, 0.2) is 0 Å². The second-order valence-corrected chi connectivity index (χ2v) is 7.48. The zero-order chi connectivity index (χ0) is 20.4. The van der Waals surface area contributed by atoms with Crippen molar-refractivity contribution in [3.8, 4) is 0 Å². The van der Waals surface area contributed by atoms with E-state index >= 15 is 0 Å². The Bertz CT molecular complexity index is 865. The molecule has 0 aliphatic carbocycles. The maximum atomic E-state index is 12.8. The molecule has 1 amide bonds. The molecule has 10 nitrogen and oxygen atoms in total. The summed E-state index contributed by atoms with van der Waals surface area (Å²) in [6.07, 6.45) is 3.88. The fourth-order valence-corrected chi connectivity index (χ4v) is 3.72. The Morgan fingerprint density at radius 1 is 1.29 bits per heavy atom. The van der Waals surface area contributed by atoms with Gasteiger partial charge in [0, 0.05) is 51.5 Å². The van der Waals surface area contributed by atoms with Crippen LogP contribution in [0.2, 0.25) is 0 Å². The van der Waals surface area contributed by atoms with Gasteiger partial charge < -0.3 is 4.90 Å². The smallest absolute Gasteiger partial charge is 0.312 e. The summed E-state index contributed by atoms with van der Waals surface area (Å²) in [5.74, 6) is -0.223. The van der Waals surface area contributed by atoms with Crippen molar-refractivity contribution in [2.75, 3.05) is 26.2 Å². The van der Waals surface area contributed by atoms with Crippen LogP contribution in [0.4, 0.5) is 5.69 Å². The second-order valence-electron chi connectivity index (χ2n) is 7.48. The number of nitrogens with zero attached hydrogens (tertiary/aromatic N) is 7. The molecule has 10 heteroatoms. The van der Waals surface area contributed by atoms with Gasteiger partial charge in [-0.25, -0.2) is 0 Å². The molecule has 0 spiro atoms. The third kappa shape index (κ3) is 4.22. The minimum Gasteiger partial charge on any atom is -0.340 e. The van der Waals surface area contributed by atoms with Crippen molar-refractivity contribution < 1.29 is 9.72 Å². The minimum atomic E-state index is -0.415. The molecule has 2 aromatic heterocycles. The molecule has 1 unspecified atom stereocenters. The highest BCUT2D eigenvalue weighted by Crippen LogP contribution is 2.23. The van der Waals surface area contributed by atoms with Gasteiger partial charge >= 0.3 is 5.69 Å². The van der Waals surface area contributed by atoms with Crippen LogP contribution in [0.3, 0.4) is 0 Å². The van der Waals surface area contributed by atoms with Crippen molar-refractivity contribution in [3.05, 3.63) is 39.5 Å². The van der Waals surface area contributed by atoms with E-state index in [2.05, 4.69) is 15.1 Å². The maximum absolute atomic E-state index is 12.8. The van der Waals surface area contributed by atoms with Gasteiger partial charge in [0.25, 0.3) is 0 Å². The number of carbonyl (C=O) groups excluding carboxylic acids is 1. The number of nitro groups is 1. The van der Waals surface area contributed by atoms with Gasteiger partial charge in [-0.1, -0.05) is 6.92 Å². The largest absolute Gasteiger partial charge is 0.340 e. The first kappa shape index (κ1) is 20.0. The number of piperazine rings is 1. The average molecular weight is 389 g/mol. The van der Waals surface area contributed by atoms with Crippen molar-refractivity contribution in [3.63, 3.8) is 0 Å². The molecule has 2 aromatic rings. The van der Waals surface area contributed by atoms with Crippen molar-refractivity contribution in [2.45, 2.75) is 33.9 Å². The number of hydrogen-bond acceptors (Lipinski definition) is 6. The second kappa shape index (κ2) is 8.09. The Kier molecular flexibility index (Phi) is 5.78. The molecule has 1 aliphatic heterocycles. The molecule has 1 aliphatic rings. The summed E-state index contributed by atoms with van der Waals surface area (Å²) in [7, 11) is 1.90. The molecule has 28 heavy (non-hydrogen) atoms. The van der Waals surface area contributed by atoms with Crippen molar-refractivity contribution in [1.82, 2.24) is 29.4 Å². The summed E-state index contributed by atoms with van der Waals surface area (Å²) < 4.78 is 3.37. The van der Waals surface area contributed by atoms with Crippen molar-refractivity contribution in [2.24, 2.45) is 13.0 Å². The van der Waals surface area contributed by atoms with Gasteiger partial charge in [-0.3, -0.25) is 29.2 Å². The van der Waals surface area contributed by atoms with E-state index in [0.717, 1.165) is 19.6 Å². The van der Waals surface area contributed by atoms with Gasteiger partial charge in [0.2, 0.25) is 5.91 Å². The lowest BCUT2D eigenvalue weighted by Gasteiger charge is -2.35. The fraction of sp³-hybridized carbons (Fsp3) is 0.611. The number of aromatic nitrogens is 4. The maximum Gasteiger partial charge on any atom is 0.312 e. The SMILES string of the molecule is Cc1nn(CC(C)C(=O)N2CCN(Cc3cnn(C)c3)CC2)c(C)c1[N+](=O)[O-]. The number of carbonyl (C=O) groups is 1. The first-order valence-electron chi connectivity index (χ1n) is 9.43. The first-order chi connectivity index (χ1) is 13.3. The van der Waals surface area contributed by atoms with Gasteiger partial charge in [-0.15, -0.1) is 0 Å². The van der Waals surface area contributed by atoms with Gasteiger partial charge in [0.05, 0.1) is 23.6 Å². The quantitative estimate of drug-likeness (QED) is 0.542. The lowest BCUT2D eigenvalue weighted by molar-refractivity contribution is -0.386. The zero-order valence-corrected chi connectivity index (χ0v) is 16.8. The van der Waals surface area contributed by atoms with Crippen LogP contribution < -0.4 is 0 Å². The highest BCUT2D eigenvalue weighted by atomic mass is 16.6. The van der Waals surface area contributed by atoms with E-state index in [1.807, 2.05) is 31.3 Å². The third-order valence-electron chi connectivity index (χ3n) is 5.24. The number of aryl methyl sites for hydroxylation is 2. The minimum absolute atomic E-state index is 0.0312. The van der Waals surface area contributed by atoms with Crippen LogP contribution in [-0.2, 0) is 24.9 Å². The van der Waals surface area contributed by atoms with Crippen LogP contribution in [0.25, 0.3) is 0 Å². The van der Waals surface area contributed by atoms with E-state index in [4.69, 9.17) is 0 Å². The first-order valence-corrected chi connectivity index (χ1v) is 9.43. The van der Waals surface area contributed by atoms with E-state index < -0.39 is 4.92 Å². The predicted octanol–water partition coefficient (Wildman–Crippen LogP) is 1.12. The lowest BCUT2D eigenvalue weighted by Crippen LogP contribution is -2.50. The molecule has 3 heterocycles. The Labute approximate surface area is 163 Å². The summed E-state index contributed by atoms with van der Waals surface area (Å²) >= 11 is 0. The molecule has 3 rings (SSSR count). The molecule has 0 aromatic carbocycles. The molecule has 0 N–H and O–H groups in total. The Balaban J connectivity index is 1.55. The van der Waals surface area contributed by atoms with Crippen molar-refractivity contribution in [1.29, 1.82) is 0 Å². The molecule has 0 radical (unpaired) electrons. The van der Waals surface area contributed by atoms with E-state index in [9.17, 15) is 14.9 Å². The van der Waals surface area contributed by atoms with E-state index in [0.29, 0.717) is 31.0 Å². The monoisotopic (exact) mass is 389 g/mol.